The van der Waals surface area contributed by atoms with Crippen LogP contribution >= 0.6 is 23.4 Å². The van der Waals surface area contributed by atoms with Gasteiger partial charge in [-0.05, 0) is 41.7 Å². The van der Waals surface area contributed by atoms with Gasteiger partial charge in [0.25, 0.3) is 0 Å². The van der Waals surface area contributed by atoms with Gasteiger partial charge in [-0.1, -0.05) is 17.7 Å². The number of hydrogen-bond donors (Lipinski definition) is 1. The minimum atomic E-state index is -0.729. The van der Waals surface area contributed by atoms with Crippen molar-refractivity contribution in [3.05, 3.63) is 34.6 Å². The van der Waals surface area contributed by atoms with E-state index < -0.39 is 5.97 Å². The summed E-state index contributed by atoms with van der Waals surface area (Å²) in [5.74, 6) is 0.458. The van der Waals surface area contributed by atoms with Crippen LogP contribution in [0.15, 0.2) is 18.2 Å². The van der Waals surface area contributed by atoms with Gasteiger partial charge in [0.2, 0.25) is 0 Å². The number of thioether (sulfide) groups is 1. The second-order valence-electron chi connectivity index (χ2n) is 4.80. The van der Waals surface area contributed by atoms with Gasteiger partial charge in [-0.15, -0.1) is 0 Å². The molecule has 18 heavy (non-hydrogen) atoms. The van der Waals surface area contributed by atoms with Gasteiger partial charge in [-0.2, -0.15) is 11.8 Å². The van der Waals surface area contributed by atoms with Crippen molar-refractivity contribution < 1.29 is 14.3 Å². The van der Waals surface area contributed by atoms with Gasteiger partial charge in [0.1, 0.15) is 5.82 Å². The van der Waals surface area contributed by atoms with Gasteiger partial charge in [0.05, 0.1) is 6.42 Å². The quantitative estimate of drug-likeness (QED) is 0.861. The molecule has 2 nitrogen and oxygen atoms in total. The highest BCUT2D eigenvalue weighted by molar-refractivity contribution is 7.98. The molecular formula is C13H14ClFO2S. The molecular weight excluding hydrogens is 275 g/mol. The highest BCUT2D eigenvalue weighted by Gasteiger charge is 2.44. The van der Waals surface area contributed by atoms with Crippen molar-refractivity contribution in [2.24, 2.45) is 5.41 Å². The molecule has 1 fully saturated rings. The smallest absolute Gasteiger partial charge is 0.303 e. The summed E-state index contributed by atoms with van der Waals surface area (Å²) in [5.41, 5.74) is 0.886. The zero-order chi connectivity index (χ0) is 13.2. The maximum atomic E-state index is 12.9. The summed E-state index contributed by atoms with van der Waals surface area (Å²) in [4.78, 5) is 10.7. The van der Waals surface area contributed by atoms with E-state index in [0.717, 1.165) is 24.2 Å². The Morgan fingerprint density at radius 3 is 2.78 bits per heavy atom. The third kappa shape index (κ3) is 3.62. The van der Waals surface area contributed by atoms with Crippen molar-refractivity contribution in [3.63, 3.8) is 0 Å². The lowest BCUT2D eigenvalue weighted by molar-refractivity contribution is -0.138. The molecule has 1 N–H and O–H groups in total. The average molecular weight is 289 g/mol. The predicted octanol–water partition coefficient (Wildman–Crippen LogP) is 3.97. The summed E-state index contributed by atoms with van der Waals surface area (Å²) in [6, 6.07) is 4.38. The number of aliphatic carboxylic acids is 1. The molecule has 1 aliphatic carbocycles. The van der Waals surface area contributed by atoms with Crippen molar-refractivity contribution in [3.8, 4) is 0 Å². The van der Waals surface area contributed by atoms with E-state index >= 15 is 0 Å². The number of rotatable bonds is 6. The summed E-state index contributed by atoms with van der Waals surface area (Å²) in [6.07, 6.45) is 2.23. The Morgan fingerprint density at radius 2 is 2.22 bits per heavy atom. The molecule has 0 bridgehead atoms. The number of hydrogen-bond acceptors (Lipinski definition) is 2. The molecule has 0 heterocycles. The average Bonchev–Trinajstić information content (AvgIpc) is 3.00. The molecule has 0 amide bonds. The summed E-state index contributed by atoms with van der Waals surface area (Å²) >= 11 is 7.60. The van der Waals surface area contributed by atoms with Crippen LogP contribution in [0.3, 0.4) is 0 Å². The first-order valence-electron chi connectivity index (χ1n) is 5.74. The molecule has 1 aromatic rings. The Balaban J connectivity index is 1.83. The second-order valence-corrected chi connectivity index (χ2v) is 6.19. The van der Waals surface area contributed by atoms with Gasteiger partial charge >= 0.3 is 5.97 Å². The fourth-order valence-corrected chi connectivity index (χ4v) is 3.60. The molecule has 5 heteroatoms. The number of carboxylic acid groups (broad SMARTS) is 1. The minimum absolute atomic E-state index is 0.0109. The van der Waals surface area contributed by atoms with Crippen LogP contribution in [-0.2, 0) is 10.5 Å². The van der Waals surface area contributed by atoms with E-state index in [1.165, 1.54) is 12.1 Å². The molecule has 98 valence electrons. The largest absolute Gasteiger partial charge is 0.481 e. The molecule has 0 radical (unpaired) electrons. The third-order valence-electron chi connectivity index (χ3n) is 3.16. The minimum Gasteiger partial charge on any atom is -0.481 e. The van der Waals surface area contributed by atoms with Crippen LogP contribution in [0.1, 0.15) is 24.8 Å². The highest BCUT2D eigenvalue weighted by atomic mass is 35.5. The monoisotopic (exact) mass is 288 g/mol. The molecule has 1 saturated carbocycles. The lowest BCUT2D eigenvalue weighted by Gasteiger charge is -2.12. The van der Waals surface area contributed by atoms with Crippen molar-refractivity contribution in [2.75, 3.05) is 5.75 Å². The van der Waals surface area contributed by atoms with Gasteiger partial charge in [0, 0.05) is 10.8 Å². The van der Waals surface area contributed by atoms with E-state index in [0.29, 0.717) is 10.8 Å². The summed E-state index contributed by atoms with van der Waals surface area (Å²) < 4.78 is 12.9. The molecule has 0 aromatic heterocycles. The lowest BCUT2D eigenvalue weighted by Crippen LogP contribution is -2.11. The van der Waals surface area contributed by atoms with E-state index in [4.69, 9.17) is 16.7 Å². The molecule has 1 aromatic carbocycles. The first kappa shape index (κ1) is 13.7. The summed E-state index contributed by atoms with van der Waals surface area (Å²) in [5, 5.41) is 9.24. The van der Waals surface area contributed by atoms with E-state index in [2.05, 4.69) is 0 Å². The SMILES string of the molecule is O=C(O)CC1(CSCc2ccc(F)cc2Cl)CC1. The number of carboxylic acids is 1. The van der Waals surface area contributed by atoms with Gasteiger partial charge in [0.15, 0.2) is 0 Å². The molecule has 0 spiro atoms. The lowest BCUT2D eigenvalue weighted by atomic mass is 10.1. The van der Waals surface area contributed by atoms with Gasteiger partial charge in [-0.25, -0.2) is 4.39 Å². The fraction of sp³-hybridized carbons (Fsp3) is 0.462. The molecule has 1 aliphatic rings. The fourth-order valence-electron chi connectivity index (χ4n) is 1.89. The van der Waals surface area contributed by atoms with Crippen LogP contribution in [0.2, 0.25) is 5.02 Å². The topological polar surface area (TPSA) is 37.3 Å². The zero-order valence-corrected chi connectivity index (χ0v) is 11.4. The van der Waals surface area contributed by atoms with Crippen molar-refractivity contribution in [2.45, 2.75) is 25.0 Å². The zero-order valence-electron chi connectivity index (χ0n) is 9.79. The second kappa shape index (κ2) is 5.49. The van der Waals surface area contributed by atoms with Crippen molar-refractivity contribution >= 4 is 29.3 Å². The van der Waals surface area contributed by atoms with Crippen LogP contribution in [0.25, 0.3) is 0 Å². The van der Waals surface area contributed by atoms with Crippen LogP contribution in [0.5, 0.6) is 0 Å². The Hall–Kier alpha value is -0.740. The standard InChI is InChI=1S/C13H14ClFO2S/c14-11-5-10(15)2-1-9(11)7-18-8-13(3-4-13)6-12(16)17/h1-2,5H,3-4,6-8H2,(H,16,17). The van der Waals surface area contributed by atoms with Crippen LogP contribution in [-0.4, -0.2) is 16.8 Å². The Kier molecular flexibility index (Phi) is 4.17. The molecule has 0 unspecified atom stereocenters. The summed E-state index contributed by atoms with van der Waals surface area (Å²) in [6.45, 7) is 0. The van der Waals surface area contributed by atoms with E-state index in [9.17, 15) is 9.18 Å². The number of benzene rings is 1. The third-order valence-corrected chi connectivity index (χ3v) is 4.85. The molecule has 0 atom stereocenters. The van der Waals surface area contributed by atoms with Crippen LogP contribution < -0.4 is 0 Å². The Labute approximate surface area is 115 Å². The predicted molar refractivity (Wildman–Crippen MR) is 71.5 cm³/mol. The summed E-state index contributed by atoms with van der Waals surface area (Å²) in [7, 11) is 0. The first-order chi connectivity index (χ1) is 8.51. The van der Waals surface area contributed by atoms with E-state index in [1.807, 2.05) is 0 Å². The van der Waals surface area contributed by atoms with Crippen molar-refractivity contribution in [1.82, 2.24) is 0 Å². The van der Waals surface area contributed by atoms with Crippen molar-refractivity contribution in [1.29, 1.82) is 0 Å². The van der Waals surface area contributed by atoms with Crippen LogP contribution in [0, 0.1) is 11.2 Å². The normalized spacial score (nSPS) is 16.6. The first-order valence-corrected chi connectivity index (χ1v) is 7.28. The highest BCUT2D eigenvalue weighted by Crippen LogP contribution is 2.51. The maximum Gasteiger partial charge on any atom is 0.303 e. The van der Waals surface area contributed by atoms with Gasteiger partial charge in [-0.3, -0.25) is 4.79 Å². The number of halogens is 2. The molecule has 0 saturated heterocycles. The van der Waals surface area contributed by atoms with E-state index in [-0.39, 0.29) is 17.7 Å². The molecule has 0 aliphatic heterocycles. The van der Waals surface area contributed by atoms with Gasteiger partial charge < -0.3 is 5.11 Å². The Morgan fingerprint density at radius 1 is 1.50 bits per heavy atom. The molecule has 2 rings (SSSR count). The Bertz CT molecular complexity index is 460. The maximum absolute atomic E-state index is 12.9. The van der Waals surface area contributed by atoms with E-state index in [1.54, 1.807) is 17.8 Å². The van der Waals surface area contributed by atoms with Crippen LogP contribution in [0.4, 0.5) is 4.39 Å². The number of carbonyl (C=O) groups is 1.